The van der Waals surface area contributed by atoms with Gasteiger partial charge in [0.25, 0.3) is 0 Å². The van der Waals surface area contributed by atoms with Crippen molar-refractivity contribution in [3.05, 3.63) is 35.6 Å². The van der Waals surface area contributed by atoms with Gasteiger partial charge in [-0.15, -0.1) is 0 Å². The summed E-state index contributed by atoms with van der Waals surface area (Å²) in [6.45, 7) is 3.70. The number of hydrogen-bond acceptors (Lipinski definition) is 3. The molecule has 1 saturated carbocycles. The summed E-state index contributed by atoms with van der Waals surface area (Å²) in [5.74, 6) is -0.517. The molecular weight excluding hydrogens is 309 g/mol. The van der Waals surface area contributed by atoms with Gasteiger partial charge in [0.2, 0.25) is 11.8 Å². The van der Waals surface area contributed by atoms with Gasteiger partial charge in [-0.2, -0.15) is 0 Å². The van der Waals surface area contributed by atoms with Crippen molar-refractivity contribution in [2.24, 2.45) is 0 Å². The molecule has 2 amide bonds. The van der Waals surface area contributed by atoms with Crippen LogP contribution in [0.1, 0.15) is 38.2 Å². The monoisotopic (exact) mass is 333 g/mol. The lowest BCUT2D eigenvalue weighted by Crippen LogP contribution is -2.58. The molecule has 0 bridgehead atoms. The number of hydrogen-bond donors (Lipinski definition) is 2. The molecule has 0 spiro atoms. The van der Waals surface area contributed by atoms with Crippen molar-refractivity contribution in [2.75, 3.05) is 13.1 Å². The number of carbonyl (C=O) groups is 2. The maximum Gasteiger partial charge on any atom is 0.237 e. The van der Waals surface area contributed by atoms with Gasteiger partial charge in [0.05, 0.1) is 12.5 Å². The molecule has 0 radical (unpaired) electrons. The quantitative estimate of drug-likeness (QED) is 0.860. The topological polar surface area (TPSA) is 61.4 Å². The van der Waals surface area contributed by atoms with Crippen molar-refractivity contribution in [3.8, 4) is 0 Å². The Morgan fingerprint density at radius 3 is 2.92 bits per heavy atom. The van der Waals surface area contributed by atoms with Crippen LogP contribution in [-0.4, -0.2) is 41.4 Å². The zero-order valence-corrected chi connectivity index (χ0v) is 14.0. The molecule has 0 unspecified atom stereocenters. The largest absolute Gasteiger partial charge is 0.353 e. The minimum absolute atomic E-state index is 0.0940. The molecule has 1 aromatic rings. The maximum absolute atomic E-state index is 13.4. The maximum atomic E-state index is 13.4. The van der Waals surface area contributed by atoms with E-state index in [4.69, 9.17) is 0 Å². The molecule has 0 aromatic heterocycles. The Morgan fingerprint density at radius 2 is 2.25 bits per heavy atom. The summed E-state index contributed by atoms with van der Waals surface area (Å²) in [5, 5.41) is 5.87. The van der Waals surface area contributed by atoms with Gasteiger partial charge < -0.3 is 10.6 Å². The number of halogens is 1. The molecule has 2 fully saturated rings. The summed E-state index contributed by atoms with van der Waals surface area (Å²) in [7, 11) is 0. The zero-order valence-electron chi connectivity index (χ0n) is 14.0. The van der Waals surface area contributed by atoms with Crippen LogP contribution in [-0.2, 0) is 16.1 Å². The van der Waals surface area contributed by atoms with E-state index in [0.717, 1.165) is 24.8 Å². The predicted octanol–water partition coefficient (Wildman–Crippen LogP) is 1.57. The first kappa shape index (κ1) is 16.9. The van der Waals surface area contributed by atoms with Gasteiger partial charge in [-0.25, -0.2) is 4.39 Å². The first-order chi connectivity index (χ1) is 11.5. The fraction of sp³-hybridized carbons (Fsp3) is 0.556. The molecular formula is C18H24FN3O2. The summed E-state index contributed by atoms with van der Waals surface area (Å²) >= 11 is 0. The highest BCUT2D eigenvalue weighted by atomic mass is 19.1. The minimum Gasteiger partial charge on any atom is -0.353 e. The first-order valence-corrected chi connectivity index (χ1v) is 8.52. The molecule has 1 aromatic carbocycles. The Balaban J connectivity index is 1.65. The third-order valence-electron chi connectivity index (χ3n) is 4.99. The van der Waals surface area contributed by atoms with Gasteiger partial charge in [-0.05, 0) is 43.9 Å². The predicted molar refractivity (Wildman–Crippen MR) is 88.6 cm³/mol. The van der Waals surface area contributed by atoms with E-state index in [2.05, 4.69) is 10.6 Å². The summed E-state index contributed by atoms with van der Waals surface area (Å²) in [6, 6.07) is 5.86. The lowest BCUT2D eigenvalue weighted by molar-refractivity contribution is -0.135. The Hall–Kier alpha value is -1.95. The van der Waals surface area contributed by atoms with Crippen molar-refractivity contribution in [3.63, 3.8) is 0 Å². The molecule has 24 heavy (non-hydrogen) atoms. The van der Waals surface area contributed by atoms with E-state index in [9.17, 15) is 14.0 Å². The Labute approximate surface area is 141 Å². The molecule has 130 valence electrons. The highest BCUT2D eigenvalue weighted by Gasteiger charge is 2.36. The molecule has 3 rings (SSSR count). The fourth-order valence-electron chi connectivity index (χ4n) is 3.44. The molecule has 2 N–H and O–H groups in total. The molecule has 1 aliphatic heterocycles. The van der Waals surface area contributed by atoms with Crippen molar-refractivity contribution < 1.29 is 14.0 Å². The molecule has 5 nitrogen and oxygen atoms in total. The summed E-state index contributed by atoms with van der Waals surface area (Å²) in [5.41, 5.74) is 0.691. The van der Waals surface area contributed by atoms with Crippen LogP contribution >= 0.6 is 0 Å². The molecule has 1 atom stereocenters. The van der Waals surface area contributed by atoms with Gasteiger partial charge in [0.1, 0.15) is 5.82 Å². The van der Waals surface area contributed by atoms with E-state index in [1.165, 1.54) is 12.1 Å². The van der Waals surface area contributed by atoms with Gasteiger partial charge in [0, 0.05) is 25.2 Å². The smallest absolute Gasteiger partial charge is 0.237 e. The second-order valence-electron chi connectivity index (χ2n) is 7.07. The number of nitrogens with zero attached hydrogens (tertiary/aromatic N) is 1. The van der Waals surface area contributed by atoms with Crippen LogP contribution < -0.4 is 10.6 Å². The van der Waals surface area contributed by atoms with E-state index >= 15 is 0 Å². The van der Waals surface area contributed by atoms with Crippen molar-refractivity contribution in [2.45, 2.75) is 50.7 Å². The standard InChI is InChI=1S/C18H24FN3O2/c1-18(6-3-7-18)21-16(23)11-15-17(24)20-8-9-22(15)12-13-4-2-5-14(19)10-13/h2,4-5,10,15H,3,6-9,11-12H2,1H3,(H,20,24)(H,21,23)/t15-/m1/s1. The molecule has 1 aliphatic carbocycles. The van der Waals surface area contributed by atoms with E-state index in [-0.39, 0.29) is 29.6 Å². The normalized spacial score (nSPS) is 23.2. The van der Waals surface area contributed by atoms with E-state index in [1.54, 1.807) is 6.07 Å². The minimum atomic E-state index is -0.509. The van der Waals surface area contributed by atoms with Crippen LogP contribution in [0.25, 0.3) is 0 Å². The lowest BCUT2D eigenvalue weighted by atomic mass is 9.78. The molecule has 2 aliphatic rings. The van der Waals surface area contributed by atoms with Gasteiger partial charge in [-0.3, -0.25) is 14.5 Å². The average Bonchev–Trinajstić information content (AvgIpc) is 2.49. The van der Waals surface area contributed by atoms with Crippen LogP contribution in [0.5, 0.6) is 0 Å². The molecule has 6 heteroatoms. The van der Waals surface area contributed by atoms with E-state index in [1.807, 2.05) is 17.9 Å². The van der Waals surface area contributed by atoms with Gasteiger partial charge >= 0.3 is 0 Å². The summed E-state index contributed by atoms with van der Waals surface area (Å²) in [6.07, 6.45) is 3.24. The molecule has 1 heterocycles. The first-order valence-electron chi connectivity index (χ1n) is 8.52. The third kappa shape index (κ3) is 3.93. The Kier molecular flexibility index (Phi) is 4.85. The fourth-order valence-corrected chi connectivity index (χ4v) is 3.44. The van der Waals surface area contributed by atoms with Gasteiger partial charge in [0.15, 0.2) is 0 Å². The lowest BCUT2D eigenvalue weighted by Gasteiger charge is -2.40. The Bertz CT molecular complexity index is 630. The van der Waals surface area contributed by atoms with Crippen molar-refractivity contribution in [1.29, 1.82) is 0 Å². The van der Waals surface area contributed by atoms with E-state index in [0.29, 0.717) is 19.6 Å². The summed E-state index contributed by atoms with van der Waals surface area (Å²) in [4.78, 5) is 26.5. The highest BCUT2D eigenvalue weighted by Crippen LogP contribution is 2.31. The van der Waals surface area contributed by atoms with Crippen LogP contribution in [0.3, 0.4) is 0 Å². The molecule has 1 saturated heterocycles. The van der Waals surface area contributed by atoms with Crippen molar-refractivity contribution in [1.82, 2.24) is 15.5 Å². The number of nitrogens with one attached hydrogen (secondary N) is 2. The highest BCUT2D eigenvalue weighted by molar-refractivity contribution is 5.89. The number of carbonyl (C=O) groups excluding carboxylic acids is 2. The zero-order chi connectivity index (χ0) is 17.2. The number of piperazine rings is 1. The van der Waals surface area contributed by atoms with E-state index < -0.39 is 6.04 Å². The summed E-state index contributed by atoms with van der Waals surface area (Å²) < 4.78 is 13.4. The van der Waals surface area contributed by atoms with Crippen molar-refractivity contribution >= 4 is 11.8 Å². The SMILES string of the molecule is CC1(NC(=O)C[C@@H]2C(=O)NCCN2Cc2cccc(F)c2)CCC1. The van der Waals surface area contributed by atoms with Gasteiger partial charge in [-0.1, -0.05) is 12.1 Å². The van der Waals surface area contributed by atoms with Crippen LogP contribution in [0.4, 0.5) is 4.39 Å². The van der Waals surface area contributed by atoms with Crippen LogP contribution in [0.15, 0.2) is 24.3 Å². The number of benzene rings is 1. The second-order valence-corrected chi connectivity index (χ2v) is 7.07. The Morgan fingerprint density at radius 1 is 1.46 bits per heavy atom. The number of rotatable bonds is 5. The van der Waals surface area contributed by atoms with Crippen LogP contribution in [0, 0.1) is 5.82 Å². The third-order valence-corrected chi connectivity index (χ3v) is 4.99. The second kappa shape index (κ2) is 6.89. The number of amides is 2. The van der Waals surface area contributed by atoms with Crippen LogP contribution in [0.2, 0.25) is 0 Å². The average molecular weight is 333 g/mol.